The first-order valence-electron chi connectivity index (χ1n) is 7.16. The van der Waals surface area contributed by atoms with Gasteiger partial charge in [-0.05, 0) is 38.5 Å². The maximum absolute atomic E-state index is 11.7. The van der Waals surface area contributed by atoms with Crippen molar-refractivity contribution in [1.82, 2.24) is 5.32 Å². The van der Waals surface area contributed by atoms with E-state index in [0.717, 1.165) is 0 Å². The maximum atomic E-state index is 11.7. The lowest BCUT2D eigenvalue weighted by Crippen LogP contribution is -2.30. The quantitative estimate of drug-likeness (QED) is 0.539. The number of anilines is 1. The fourth-order valence-electron chi connectivity index (χ4n) is 1.77. The third-order valence-electron chi connectivity index (χ3n) is 2.72. The molecular weight excluding hydrogens is 302 g/mol. The second-order valence-corrected chi connectivity index (χ2v) is 5.12. The van der Waals surface area contributed by atoms with E-state index in [-0.39, 0.29) is 24.6 Å². The number of carboxylic acid groups (broad SMARTS) is 1. The Labute approximate surface area is 134 Å². The first-order chi connectivity index (χ1) is 10.8. The van der Waals surface area contributed by atoms with Gasteiger partial charge in [0.25, 0.3) is 5.91 Å². The number of ether oxygens (including phenoxy) is 1. The molecule has 0 spiro atoms. The van der Waals surface area contributed by atoms with Crippen LogP contribution in [0.3, 0.4) is 0 Å². The van der Waals surface area contributed by atoms with E-state index in [0.29, 0.717) is 17.9 Å². The molecule has 23 heavy (non-hydrogen) atoms. The number of primary amides is 1. The first kappa shape index (κ1) is 18.3. The summed E-state index contributed by atoms with van der Waals surface area (Å²) in [5.74, 6) is -1.23. The third-order valence-corrected chi connectivity index (χ3v) is 2.72. The maximum Gasteiger partial charge on any atom is 0.319 e. The van der Waals surface area contributed by atoms with Crippen molar-refractivity contribution >= 4 is 23.6 Å². The van der Waals surface area contributed by atoms with Crippen molar-refractivity contribution in [2.75, 3.05) is 11.9 Å². The molecule has 0 heterocycles. The number of benzene rings is 1. The Balaban J connectivity index is 2.66. The van der Waals surface area contributed by atoms with Crippen LogP contribution in [0.15, 0.2) is 18.2 Å². The van der Waals surface area contributed by atoms with Crippen LogP contribution < -0.4 is 21.1 Å². The van der Waals surface area contributed by atoms with Gasteiger partial charge < -0.3 is 26.2 Å². The van der Waals surface area contributed by atoms with Crippen molar-refractivity contribution in [3.8, 4) is 5.75 Å². The second-order valence-electron chi connectivity index (χ2n) is 5.12. The van der Waals surface area contributed by atoms with Gasteiger partial charge in [-0.1, -0.05) is 0 Å². The molecule has 3 amide bonds. The summed E-state index contributed by atoms with van der Waals surface area (Å²) in [7, 11) is 0. The number of amides is 3. The van der Waals surface area contributed by atoms with Gasteiger partial charge in [0.2, 0.25) is 0 Å². The zero-order valence-corrected chi connectivity index (χ0v) is 13.1. The molecule has 8 nitrogen and oxygen atoms in total. The minimum absolute atomic E-state index is 0.0205. The van der Waals surface area contributed by atoms with Crippen LogP contribution in [0, 0.1) is 0 Å². The number of carboxylic acids is 1. The van der Waals surface area contributed by atoms with Crippen LogP contribution >= 0.6 is 0 Å². The number of urea groups is 1. The highest BCUT2D eigenvalue weighted by Gasteiger charge is 2.13. The van der Waals surface area contributed by atoms with Crippen LogP contribution in [0.1, 0.15) is 37.0 Å². The molecule has 0 aliphatic rings. The van der Waals surface area contributed by atoms with Crippen molar-refractivity contribution in [3.05, 3.63) is 23.8 Å². The predicted molar refractivity (Wildman–Crippen MR) is 84.6 cm³/mol. The summed E-state index contributed by atoms with van der Waals surface area (Å²) in [5.41, 5.74) is 5.86. The molecule has 1 aromatic carbocycles. The van der Waals surface area contributed by atoms with Gasteiger partial charge >= 0.3 is 12.0 Å². The molecule has 0 unspecified atom stereocenters. The van der Waals surface area contributed by atoms with Crippen molar-refractivity contribution in [1.29, 1.82) is 0 Å². The van der Waals surface area contributed by atoms with Gasteiger partial charge in [-0.3, -0.25) is 9.59 Å². The highest BCUT2D eigenvalue weighted by molar-refractivity contribution is 5.98. The van der Waals surface area contributed by atoms with Crippen molar-refractivity contribution in [2.45, 2.75) is 32.8 Å². The Hall–Kier alpha value is -2.77. The largest absolute Gasteiger partial charge is 0.490 e. The molecule has 5 N–H and O–H groups in total. The number of nitrogens with two attached hydrogens (primary N) is 1. The summed E-state index contributed by atoms with van der Waals surface area (Å²) in [6.45, 7) is 3.87. The van der Waals surface area contributed by atoms with Crippen LogP contribution in [0.2, 0.25) is 0 Å². The van der Waals surface area contributed by atoms with E-state index < -0.39 is 17.9 Å². The molecule has 0 bridgehead atoms. The van der Waals surface area contributed by atoms with E-state index in [2.05, 4.69) is 10.6 Å². The van der Waals surface area contributed by atoms with E-state index in [1.54, 1.807) is 12.1 Å². The molecule has 1 rings (SSSR count). The van der Waals surface area contributed by atoms with Gasteiger partial charge in [0.1, 0.15) is 5.75 Å². The summed E-state index contributed by atoms with van der Waals surface area (Å²) in [4.78, 5) is 33.5. The summed E-state index contributed by atoms with van der Waals surface area (Å²) >= 11 is 0. The van der Waals surface area contributed by atoms with Gasteiger partial charge in [-0.15, -0.1) is 0 Å². The lowest BCUT2D eigenvalue weighted by atomic mass is 10.1. The minimum atomic E-state index is -0.918. The summed E-state index contributed by atoms with van der Waals surface area (Å²) < 4.78 is 5.48. The van der Waals surface area contributed by atoms with Gasteiger partial charge in [0.15, 0.2) is 0 Å². The normalized spacial score (nSPS) is 10.2. The smallest absolute Gasteiger partial charge is 0.319 e. The van der Waals surface area contributed by atoms with Gasteiger partial charge in [-0.2, -0.15) is 0 Å². The Bertz CT molecular complexity index is 586. The molecule has 0 fully saturated rings. The molecule has 0 aliphatic heterocycles. The standard InChI is InChI=1S/C15H21N3O5/c1-9(2)23-12-6-5-10(8-11(12)14(16)21)18-15(22)17-7-3-4-13(19)20/h5-6,8-9H,3-4,7H2,1-2H3,(H2,16,21)(H,19,20)(H2,17,18,22). The fourth-order valence-corrected chi connectivity index (χ4v) is 1.77. The summed E-state index contributed by atoms with van der Waals surface area (Å²) in [6, 6.07) is 4.07. The number of hydrogen-bond donors (Lipinski definition) is 4. The van der Waals surface area contributed by atoms with Crippen molar-refractivity contribution in [3.63, 3.8) is 0 Å². The Morgan fingerprint density at radius 2 is 2.00 bits per heavy atom. The second kappa shape index (κ2) is 8.62. The molecule has 0 radical (unpaired) electrons. The molecule has 126 valence electrons. The average Bonchev–Trinajstić information content (AvgIpc) is 2.44. The molecule has 0 atom stereocenters. The van der Waals surface area contributed by atoms with Gasteiger partial charge in [0.05, 0.1) is 11.7 Å². The topological polar surface area (TPSA) is 131 Å². The molecule has 8 heteroatoms. The van der Waals surface area contributed by atoms with Crippen molar-refractivity contribution in [2.24, 2.45) is 5.73 Å². The summed E-state index contributed by atoms with van der Waals surface area (Å²) in [6.07, 6.45) is 0.188. The lowest BCUT2D eigenvalue weighted by molar-refractivity contribution is -0.137. The Morgan fingerprint density at radius 1 is 1.30 bits per heavy atom. The number of rotatable bonds is 8. The van der Waals surface area contributed by atoms with E-state index in [1.165, 1.54) is 6.07 Å². The first-order valence-corrected chi connectivity index (χ1v) is 7.16. The van der Waals surface area contributed by atoms with Crippen LogP contribution in [0.5, 0.6) is 5.75 Å². The molecule has 0 aromatic heterocycles. The highest BCUT2D eigenvalue weighted by atomic mass is 16.5. The Kier molecular flexibility index (Phi) is 6.85. The Morgan fingerprint density at radius 3 is 2.57 bits per heavy atom. The third kappa shape index (κ3) is 6.68. The SMILES string of the molecule is CC(C)Oc1ccc(NC(=O)NCCCC(=O)O)cc1C(N)=O. The highest BCUT2D eigenvalue weighted by Crippen LogP contribution is 2.23. The zero-order valence-electron chi connectivity index (χ0n) is 13.1. The van der Waals surface area contributed by atoms with E-state index in [9.17, 15) is 14.4 Å². The zero-order chi connectivity index (χ0) is 17.4. The summed E-state index contributed by atoms with van der Waals surface area (Å²) in [5, 5.41) is 13.6. The number of aliphatic carboxylic acids is 1. The van der Waals surface area contributed by atoms with Crippen molar-refractivity contribution < 1.29 is 24.2 Å². The van der Waals surface area contributed by atoms with E-state index in [4.69, 9.17) is 15.6 Å². The van der Waals surface area contributed by atoms with Crippen LogP contribution in [-0.2, 0) is 4.79 Å². The molecule has 0 saturated carbocycles. The molecule has 0 saturated heterocycles. The predicted octanol–water partition coefficient (Wildman–Crippen LogP) is 1.56. The van der Waals surface area contributed by atoms with Gasteiger partial charge in [0, 0.05) is 18.7 Å². The number of carbonyl (C=O) groups excluding carboxylic acids is 2. The van der Waals surface area contributed by atoms with Crippen LogP contribution in [-0.4, -0.2) is 35.7 Å². The lowest BCUT2D eigenvalue weighted by Gasteiger charge is -2.14. The molecule has 1 aromatic rings. The molecular formula is C15H21N3O5. The average molecular weight is 323 g/mol. The monoisotopic (exact) mass is 323 g/mol. The van der Waals surface area contributed by atoms with Crippen LogP contribution in [0.4, 0.5) is 10.5 Å². The number of nitrogens with one attached hydrogen (secondary N) is 2. The fraction of sp³-hybridized carbons (Fsp3) is 0.400. The number of hydrogen-bond acceptors (Lipinski definition) is 4. The molecule has 0 aliphatic carbocycles. The number of carbonyl (C=O) groups is 3. The van der Waals surface area contributed by atoms with Gasteiger partial charge in [-0.25, -0.2) is 4.79 Å². The van der Waals surface area contributed by atoms with Crippen LogP contribution in [0.25, 0.3) is 0 Å². The minimum Gasteiger partial charge on any atom is -0.490 e. The van der Waals surface area contributed by atoms with E-state index >= 15 is 0 Å². The van der Waals surface area contributed by atoms with E-state index in [1.807, 2.05) is 13.8 Å².